The fourth-order valence-corrected chi connectivity index (χ4v) is 4.94. The highest BCUT2D eigenvalue weighted by Crippen LogP contribution is 2.37. The zero-order valence-corrected chi connectivity index (χ0v) is 20.5. The molecule has 0 N–H and O–H groups in total. The molecule has 0 spiro atoms. The van der Waals surface area contributed by atoms with Gasteiger partial charge in [0, 0.05) is 40.7 Å². The molecule has 0 aliphatic heterocycles. The molecule has 7 aromatic rings. The largest absolute Gasteiger partial charge is 0.310 e. The molecule has 5 heteroatoms. The zero-order chi connectivity index (χ0) is 25.3. The van der Waals surface area contributed by atoms with Crippen LogP contribution < -0.4 is 4.90 Å². The summed E-state index contributed by atoms with van der Waals surface area (Å²) in [5.74, 6) is 0.818. The van der Waals surface area contributed by atoms with Crippen LogP contribution in [0.25, 0.3) is 39.1 Å². The summed E-state index contributed by atoms with van der Waals surface area (Å²) < 4.78 is 2.07. The van der Waals surface area contributed by atoms with Gasteiger partial charge in [0.1, 0.15) is 5.82 Å². The van der Waals surface area contributed by atoms with Crippen LogP contribution in [0, 0.1) is 0 Å². The van der Waals surface area contributed by atoms with Crippen LogP contribution in [0.2, 0.25) is 0 Å². The lowest BCUT2D eigenvalue weighted by Crippen LogP contribution is -2.09. The maximum atomic E-state index is 4.87. The average molecular weight is 490 g/mol. The van der Waals surface area contributed by atoms with Crippen LogP contribution in [-0.4, -0.2) is 19.5 Å². The van der Waals surface area contributed by atoms with Gasteiger partial charge < -0.3 is 4.90 Å². The summed E-state index contributed by atoms with van der Waals surface area (Å²) in [6.07, 6.45) is 3.39. The van der Waals surface area contributed by atoms with E-state index in [4.69, 9.17) is 4.98 Å². The zero-order valence-electron chi connectivity index (χ0n) is 20.5. The minimum absolute atomic E-state index is 0.628. The van der Waals surface area contributed by atoms with Gasteiger partial charge in [0.05, 0.1) is 0 Å². The molecule has 0 aliphatic rings. The van der Waals surface area contributed by atoms with Crippen molar-refractivity contribution in [3.05, 3.63) is 140 Å². The van der Waals surface area contributed by atoms with E-state index in [2.05, 4.69) is 116 Å². The van der Waals surface area contributed by atoms with Crippen molar-refractivity contribution < 1.29 is 0 Å². The summed E-state index contributed by atoms with van der Waals surface area (Å²) in [4.78, 5) is 16.2. The number of fused-ring (bicyclic) bond motifs is 2. The molecule has 38 heavy (non-hydrogen) atoms. The van der Waals surface area contributed by atoms with E-state index < -0.39 is 0 Å². The van der Waals surface area contributed by atoms with Gasteiger partial charge in [-0.15, -0.1) is 0 Å². The third-order valence-corrected chi connectivity index (χ3v) is 6.68. The van der Waals surface area contributed by atoms with Crippen molar-refractivity contribution in [1.82, 2.24) is 19.5 Å². The van der Waals surface area contributed by atoms with Gasteiger partial charge in [-0.25, -0.2) is 15.0 Å². The Balaban J connectivity index is 1.35. The topological polar surface area (TPSA) is 46.8 Å². The van der Waals surface area contributed by atoms with Crippen molar-refractivity contribution in [1.29, 1.82) is 0 Å². The summed E-state index contributed by atoms with van der Waals surface area (Å²) in [6, 6.07) is 44.2. The van der Waals surface area contributed by atoms with Crippen LogP contribution >= 0.6 is 0 Å². The molecule has 2 heterocycles. The molecule has 5 aromatic carbocycles. The van der Waals surface area contributed by atoms with Crippen LogP contribution in [-0.2, 0) is 0 Å². The van der Waals surface area contributed by atoms with Crippen LogP contribution in [0.3, 0.4) is 0 Å². The Morgan fingerprint density at radius 2 is 1.13 bits per heavy atom. The maximum Gasteiger partial charge on any atom is 0.198 e. The average Bonchev–Trinajstić information content (AvgIpc) is 3.38. The molecular weight excluding hydrogens is 466 g/mol. The second-order valence-corrected chi connectivity index (χ2v) is 9.06. The summed E-state index contributed by atoms with van der Waals surface area (Å²) in [7, 11) is 0. The second-order valence-electron chi connectivity index (χ2n) is 9.06. The molecule has 0 unspecified atom stereocenters. The smallest absolute Gasteiger partial charge is 0.198 e. The highest BCUT2D eigenvalue weighted by molar-refractivity contribution is 5.92. The summed E-state index contributed by atoms with van der Waals surface area (Å²) in [5, 5.41) is 2.29. The SMILES string of the molecule is c1ccc(N(c2ccccc2)c2ccc3cc(-c4nc5nccnc5n4-c4ccccc4)ccc3c2)cc1. The van der Waals surface area contributed by atoms with E-state index in [-0.39, 0.29) is 0 Å². The maximum absolute atomic E-state index is 4.87. The Hall–Kier alpha value is -5.29. The molecule has 5 nitrogen and oxygen atoms in total. The Labute approximate surface area is 220 Å². The number of hydrogen-bond acceptors (Lipinski definition) is 4. The third kappa shape index (κ3) is 3.87. The molecule has 7 rings (SSSR count). The minimum Gasteiger partial charge on any atom is -0.310 e. The first-order valence-corrected chi connectivity index (χ1v) is 12.5. The van der Waals surface area contributed by atoms with Crippen molar-refractivity contribution in [3.63, 3.8) is 0 Å². The minimum atomic E-state index is 0.628. The van der Waals surface area contributed by atoms with Crippen LogP contribution in [0.15, 0.2) is 140 Å². The monoisotopic (exact) mass is 489 g/mol. The number of benzene rings is 5. The summed E-state index contributed by atoms with van der Waals surface area (Å²) in [6.45, 7) is 0. The molecule has 0 radical (unpaired) electrons. The first-order valence-electron chi connectivity index (χ1n) is 12.5. The van der Waals surface area contributed by atoms with E-state index in [1.807, 2.05) is 30.3 Å². The molecule has 2 aromatic heterocycles. The third-order valence-electron chi connectivity index (χ3n) is 6.68. The molecule has 0 atom stereocenters. The van der Waals surface area contributed by atoms with Gasteiger partial charge in [-0.3, -0.25) is 4.57 Å². The molecular formula is C33H23N5. The summed E-state index contributed by atoms with van der Waals surface area (Å²) >= 11 is 0. The predicted octanol–water partition coefficient (Wildman–Crippen LogP) is 8.11. The standard InChI is InChI=1S/C33H23N5/c1-4-10-27(11-5-1)37(28-12-6-2-7-13-28)30-19-18-24-22-26(17-16-25(24)23-30)32-36-31-33(35-21-20-34-31)38(32)29-14-8-3-9-15-29/h1-23H. The van der Waals surface area contributed by atoms with E-state index in [1.54, 1.807) is 12.4 Å². The molecule has 0 amide bonds. The quantitative estimate of drug-likeness (QED) is 0.245. The van der Waals surface area contributed by atoms with E-state index in [0.717, 1.165) is 50.6 Å². The number of hydrogen-bond donors (Lipinski definition) is 0. The Morgan fingerprint density at radius 3 is 1.84 bits per heavy atom. The summed E-state index contributed by atoms with van der Waals surface area (Å²) in [5.41, 5.74) is 6.72. The second kappa shape index (κ2) is 9.30. The van der Waals surface area contributed by atoms with Crippen molar-refractivity contribution >= 4 is 39.1 Å². The first kappa shape index (κ1) is 21.9. The van der Waals surface area contributed by atoms with Crippen molar-refractivity contribution in [2.45, 2.75) is 0 Å². The Bertz CT molecular complexity index is 1820. The number of para-hydroxylation sites is 3. The van der Waals surface area contributed by atoms with Crippen molar-refractivity contribution in [2.24, 2.45) is 0 Å². The molecule has 0 fully saturated rings. The van der Waals surface area contributed by atoms with Crippen LogP contribution in [0.4, 0.5) is 17.1 Å². The number of nitrogens with zero attached hydrogens (tertiary/aromatic N) is 5. The highest BCUT2D eigenvalue weighted by atomic mass is 15.2. The van der Waals surface area contributed by atoms with E-state index in [9.17, 15) is 0 Å². The van der Waals surface area contributed by atoms with Crippen LogP contribution in [0.1, 0.15) is 0 Å². The van der Waals surface area contributed by atoms with Gasteiger partial charge in [0.25, 0.3) is 0 Å². The number of imidazole rings is 1. The van der Waals surface area contributed by atoms with Gasteiger partial charge in [-0.2, -0.15) is 0 Å². The Morgan fingerprint density at radius 1 is 0.526 bits per heavy atom. The fraction of sp³-hybridized carbons (Fsp3) is 0. The lowest BCUT2D eigenvalue weighted by molar-refractivity contribution is 1.08. The molecule has 0 saturated heterocycles. The van der Waals surface area contributed by atoms with Crippen LogP contribution in [0.5, 0.6) is 0 Å². The van der Waals surface area contributed by atoms with Gasteiger partial charge in [-0.1, -0.05) is 72.8 Å². The molecule has 0 bridgehead atoms. The molecule has 0 aliphatic carbocycles. The molecule has 180 valence electrons. The van der Waals surface area contributed by atoms with Gasteiger partial charge in [0.15, 0.2) is 11.3 Å². The normalized spacial score (nSPS) is 11.2. The van der Waals surface area contributed by atoms with Crippen molar-refractivity contribution in [2.75, 3.05) is 4.90 Å². The van der Waals surface area contributed by atoms with Crippen molar-refractivity contribution in [3.8, 4) is 17.1 Å². The van der Waals surface area contributed by atoms with Gasteiger partial charge in [-0.05, 0) is 65.4 Å². The number of anilines is 3. The van der Waals surface area contributed by atoms with E-state index >= 15 is 0 Å². The number of rotatable bonds is 5. The number of aromatic nitrogens is 4. The van der Waals surface area contributed by atoms with Gasteiger partial charge in [0.2, 0.25) is 0 Å². The van der Waals surface area contributed by atoms with Gasteiger partial charge >= 0.3 is 0 Å². The first-order chi connectivity index (χ1) is 18.8. The lowest BCUT2D eigenvalue weighted by Gasteiger charge is -2.25. The fourth-order valence-electron chi connectivity index (χ4n) is 4.94. The van der Waals surface area contributed by atoms with E-state index in [0.29, 0.717) is 5.65 Å². The molecule has 0 saturated carbocycles. The highest BCUT2D eigenvalue weighted by Gasteiger charge is 2.17. The predicted molar refractivity (Wildman–Crippen MR) is 154 cm³/mol. The lowest BCUT2D eigenvalue weighted by atomic mass is 10.0. The van der Waals surface area contributed by atoms with E-state index in [1.165, 1.54) is 0 Å². The Kier molecular flexibility index (Phi) is 5.37.